The van der Waals surface area contributed by atoms with E-state index in [9.17, 15) is 24.5 Å². The van der Waals surface area contributed by atoms with Gasteiger partial charge in [-0.2, -0.15) is 0 Å². The van der Waals surface area contributed by atoms with Crippen LogP contribution in [0.3, 0.4) is 0 Å². The lowest BCUT2D eigenvalue weighted by molar-refractivity contribution is -0.384. The standard InChI is InChI=1S/C23H21BrN2O8S/c1-3-32-18-10-15(11-19-22(28)25(23(29)35-19)12-20(27)33-4-2)9-17(24)21(18)34-13-14-5-7-16(8-6-14)26(30)31/h5-11H,3-4,12-13H2,1-2H3/b19-11-. The number of carbonyl (C=O) groups is 3. The largest absolute Gasteiger partial charge is 0.490 e. The molecule has 1 aliphatic heterocycles. The average molecular weight is 565 g/mol. The SMILES string of the molecule is CCOC(=O)CN1C(=O)S/C(=C\c2cc(Br)c(OCc3ccc([N+](=O)[O-])cc3)c(OCC)c2)C1=O. The zero-order valence-electron chi connectivity index (χ0n) is 18.8. The van der Waals surface area contributed by atoms with Crippen molar-refractivity contribution in [3.05, 3.63) is 67.0 Å². The van der Waals surface area contributed by atoms with Gasteiger partial charge in [0.2, 0.25) is 0 Å². The van der Waals surface area contributed by atoms with Crippen LogP contribution in [0.5, 0.6) is 11.5 Å². The number of nitrogens with zero attached hydrogens (tertiary/aromatic N) is 2. The normalized spacial score (nSPS) is 14.4. The minimum absolute atomic E-state index is 0.0130. The van der Waals surface area contributed by atoms with Gasteiger partial charge in [-0.15, -0.1) is 0 Å². The van der Waals surface area contributed by atoms with Gasteiger partial charge in [-0.1, -0.05) is 0 Å². The van der Waals surface area contributed by atoms with Crippen molar-refractivity contribution in [2.24, 2.45) is 0 Å². The number of ether oxygens (including phenoxy) is 3. The molecular formula is C23H21BrN2O8S. The van der Waals surface area contributed by atoms with Gasteiger partial charge in [0.15, 0.2) is 11.5 Å². The molecule has 2 aromatic carbocycles. The quantitative estimate of drug-likeness (QED) is 0.171. The molecule has 1 fully saturated rings. The molecule has 0 aromatic heterocycles. The van der Waals surface area contributed by atoms with Crippen LogP contribution in [0.25, 0.3) is 6.08 Å². The number of esters is 1. The molecule has 184 valence electrons. The molecule has 1 aliphatic rings. The van der Waals surface area contributed by atoms with Crippen LogP contribution in [-0.2, 0) is 20.9 Å². The van der Waals surface area contributed by atoms with Gasteiger partial charge >= 0.3 is 5.97 Å². The maximum Gasteiger partial charge on any atom is 0.326 e. The molecule has 1 heterocycles. The highest BCUT2D eigenvalue weighted by Crippen LogP contribution is 2.39. The number of rotatable bonds is 10. The summed E-state index contributed by atoms with van der Waals surface area (Å²) in [5.74, 6) is -0.425. The number of imide groups is 1. The van der Waals surface area contributed by atoms with Crippen LogP contribution in [0.2, 0.25) is 0 Å². The van der Waals surface area contributed by atoms with E-state index in [2.05, 4.69) is 15.9 Å². The van der Waals surface area contributed by atoms with E-state index < -0.39 is 28.6 Å². The van der Waals surface area contributed by atoms with Crippen LogP contribution in [-0.4, -0.2) is 46.7 Å². The fraction of sp³-hybridized carbons (Fsp3) is 0.261. The molecule has 2 aromatic rings. The monoisotopic (exact) mass is 564 g/mol. The van der Waals surface area contributed by atoms with Crippen LogP contribution >= 0.6 is 27.7 Å². The van der Waals surface area contributed by atoms with Gasteiger partial charge in [0.1, 0.15) is 13.2 Å². The van der Waals surface area contributed by atoms with Crippen molar-refractivity contribution in [2.75, 3.05) is 19.8 Å². The number of amides is 2. The second-order valence-electron chi connectivity index (χ2n) is 7.05. The van der Waals surface area contributed by atoms with E-state index in [1.54, 1.807) is 38.1 Å². The van der Waals surface area contributed by atoms with Gasteiger partial charge in [0, 0.05) is 12.1 Å². The lowest BCUT2D eigenvalue weighted by atomic mass is 10.1. The van der Waals surface area contributed by atoms with Crippen molar-refractivity contribution < 1.29 is 33.5 Å². The molecule has 1 saturated heterocycles. The van der Waals surface area contributed by atoms with Crippen molar-refractivity contribution in [1.29, 1.82) is 0 Å². The van der Waals surface area contributed by atoms with E-state index >= 15 is 0 Å². The summed E-state index contributed by atoms with van der Waals surface area (Å²) in [5.41, 5.74) is 1.29. The number of carbonyl (C=O) groups excluding carboxylic acids is 3. The number of non-ortho nitro benzene ring substituents is 1. The van der Waals surface area contributed by atoms with Crippen molar-refractivity contribution in [1.82, 2.24) is 4.90 Å². The maximum absolute atomic E-state index is 12.6. The molecular weight excluding hydrogens is 544 g/mol. The van der Waals surface area contributed by atoms with Crippen LogP contribution < -0.4 is 9.47 Å². The van der Waals surface area contributed by atoms with Gasteiger partial charge < -0.3 is 14.2 Å². The summed E-state index contributed by atoms with van der Waals surface area (Å²) < 4.78 is 17.0. The van der Waals surface area contributed by atoms with Gasteiger partial charge in [-0.25, -0.2) is 0 Å². The predicted octanol–water partition coefficient (Wildman–Crippen LogP) is 4.93. The van der Waals surface area contributed by atoms with Crippen LogP contribution in [0.15, 0.2) is 45.8 Å². The van der Waals surface area contributed by atoms with Gasteiger partial charge in [-0.3, -0.25) is 29.4 Å². The van der Waals surface area contributed by atoms with Crippen molar-refractivity contribution in [2.45, 2.75) is 20.5 Å². The number of nitro groups is 1. The Morgan fingerprint density at radius 3 is 2.49 bits per heavy atom. The summed E-state index contributed by atoms with van der Waals surface area (Å²) in [6.45, 7) is 3.64. The zero-order chi connectivity index (χ0) is 25.5. The Bertz CT molecular complexity index is 1180. The predicted molar refractivity (Wildman–Crippen MR) is 132 cm³/mol. The number of hydrogen-bond acceptors (Lipinski definition) is 9. The first-order valence-corrected chi connectivity index (χ1v) is 12.1. The topological polar surface area (TPSA) is 125 Å². The Labute approximate surface area is 213 Å². The molecule has 2 amide bonds. The molecule has 0 radical (unpaired) electrons. The van der Waals surface area contributed by atoms with Gasteiger partial charge in [-0.05, 0) is 83.0 Å². The zero-order valence-corrected chi connectivity index (χ0v) is 21.2. The number of halogens is 1. The van der Waals surface area contributed by atoms with Crippen molar-refractivity contribution in [3.63, 3.8) is 0 Å². The molecule has 10 nitrogen and oxygen atoms in total. The molecule has 12 heteroatoms. The lowest BCUT2D eigenvalue weighted by Gasteiger charge is -2.15. The Hall–Kier alpha value is -3.38. The highest BCUT2D eigenvalue weighted by Gasteiger charge is 2.36. The first-order chi connectivity index (χ1) is 16.7. The first kappa shape index (κ1) is 26.2. The van der Waals surface area contributed by atoms with Gasteiger partial charge in [0.25, 0.3) is 16.8 Å². The number of benzene rings is 2. The number of nitro benzene ring substituents is 1. The Balaban J connectivity index is 1.80. The number of hydrogen-bond donors (Lipinski definition) is 0. The molecule has 0 unspecified atom stereocenters. The van der Waals surface area contributed by atoms with E-state index in [-0.39, 0.29) is 23.8 Å². The van der Waals surface area contributed by atoms with E-state index in [1.165, 1.54) is 18.2 Å². The fourth-order valence-electron chi connectivity index (χ4n) is 3.07. The molecule has 0 aliphatic carbocycles. The molecule has 3 rings (SSSR count). The Morgan fingerprint density at radius 1 is 1.14 bits per heavy atom. The summed E-state index contributed by atoms with van der Waals surface area (Å²) in [7, 11) is 0. The third-order valence-corrected chi connectivity index (χ3v) is 6.12. The summed E-state index contributed by atoms with van der Waals surface area (Å²) in [4.78, 5) is 47.9. The summed E-state index contributed by atoms with van der Waals surface area (Å²) in [6.07, 6.45) is 1.53. The van der Waals surface area contributed by atoms with Gasteiger partial charge in [0.05, 0.1) is 27.5 Å². The fourth-order valence-corrected chi connectivity index (χ4v) is 4.48. The third kappa shape index (κ3) is 6.61. The highest BCUT2D eigenvalue weighted by molar-refractivity contribution is 9.10. The van der Waals surface area contributed by atoms with Crippen LogP contribution in [0.4, 0.5) is 10.5 Å². The van der Waals surface area contributed by atoms with Crippen molar-refractivity contribution in [3.8, 4) is 11.5 Å². The molecule has 35 heavy (non-hydrogen) atoms. The molecule has 0 bridgehead atoms. The van der Waals surface area contributed by atoms with E-state index in [0.29, 0.717) is 28.1 Å². The number of thioether (sulfide) groups is 1. The van der Waals surface area contributed by atoms with E-state index in [0.717, 1.165) is 22.2 Å². The second kappa shape index (κ2) is 11.8. The van der Waals surface area contributed by atoms with Crippen molar-refractivity contribution >= 4 is 56.6 Å². The van der Waals surface area contributed by atoms with Crippen LogP contribution in [0, 0.1) is 10.1 Å². The molecule has 0 atom stereocenters. The summed E-state index contributed by atoms with van der Waals surface area (Å²) in [5, 5.41) is 10.3. The minimum Gasteiger partial charge on any atom is -0.490 e. The average Bonchev–Trinajstić information content (AvgIpc) is 3.06. The smallest absolute Gasteiger partial charge is 0.326 e. The minimum atomic E-state index is -0.660. The highest BCUT2D eigenvalue weighted by atomic mass is 79.9. The van der Waals surface area contributed by atoms with Crippen LogP contribution in [0.1, 0.15) is 25.0 Å². The van der Waals surface area contributed by atoms with E-state index in [4.69, 9.17) is 14.2 Å². The maximum atomic E-state index is 12.6. The molecule has 0 spiro atoms. The summed E-state index contributed by atoms with van der Waals surface area (Å²) >= 11 is 4.19. The molecule has 0 N–H and O–H groups in total. The third-order valence-electron chi connectivity index (χ3n) is 4.63. The Morgan fingerprint density at radius 2 is 1.86 bits per heavy atom. The summed E-state index contributed by atoms with van der Waals surface area (Å²) in [6, 6.07) is 9.37. The lowest BCUT2D eigenvalue weighted by Crippen LogP contribution is -2.34. The first-order valence-electron chi connectivity index (χ1n) is 10.5. The second-order valence-corrected chi connectivity index (χ2v) is 8.90. The van der Waals surface area contributed by atoms with E-state index in [1.807, 2.05) is 0 Å². The Kier molecular flexibility index (Phi) is 8.88. The molecule has 0 saturated carbocycles.